The van der Waals surface area contributed by atoms with Gasteiger partial charge in [0.1, 0.15) is 10.8 Å². The monoisotopic (exact) mass is 341 g/mol. The first-order chi connectivity index (χ1) is 9.02. The Morgan fingerprint density at radius 3 is 2.58 bits per heavy atom. The van der Waals surface area contributed by atoms with Gasteiger partial charge in [-0.25, -0.2) is 15.0 Å². The third kappa shape index (κ3) is 3.04. The first-order valence-electron chi connectivity index (χ1n) is 5.77. The Morgan fingerprint density at radius 1 is 1.21 bits per heavy atom. The maximum atomic E-state index is 6.13. The lowest BCUT2D eigenvalue weighted by Gasteiger charge is -2.10. The van der Waals surface area contributed by atoms with Gasteiger partial charge < -0.3 is 4.74 Å². The lowest BCUT2D eigenvalue weighted by atomic mass is 10.1. The lowest BCUT2D eigenvalue weighted by Crippen LogP contribution is -2.01. The van der Waals surface area contributed by atoms with E-state index in [9.17, 15) is 0 Å². The third-order valence-corrected chi connectivity index (χ3v) is 3.83. The van der Waals surface area contributed by atoms with Crippen LogP contribution in [0.3, 0.4) is 0 Å². The summed E-state index contributed by atoms with van der Waals surface area (Å²) in [6.45, 7) is 4.10. The summed E-state index contributed by atoms with van der Waals surface area (Å²) < 4.78 is 5.83. The molecule has 0 aliphatic rings. The van der Waals surface area contributed by atoms with Gasteiger partial charge in [-0.15, -0.1) is 0 Å². The van der Waals surface area contributed by atoms with Crippen LogP contribution in [0, 0.1) is 0 Å². The number of nitrogens with zero attached hydrogens (tertiary/aromatic N) is 3. The van der Waals surface area contributed by atoms with E-state index in [0.29, 0.717) is 22.6 Å². The summed E-state index contributed by atoms with van der Waals surface area (Å²) in [5, 5.41) is 0.387. The second kappa shape index (κ2) is 5.84. The normalized spacial score (nSPS) is 10.8. The van der Waals surface area contributed by atoms with E-state index < -0.39 is 0 Å². The minimum absolute atomic E-state index is 0.235. The number of hydrogen-bond donors (Lipinski definition) is 0. The number of halogens is 2. The van der Waals surface area contributed by atoms with Gasteiger partial charge in [-0.3, -0.25) is 0 Å². The summed E-state index contributed by atoms with van der Waals surface area (Å²) >= 11 is 9.54. The maximum absolute atomic E-state index is 6.13. The molecule has 0 unspecified atom stereocenters. The molecule has 2 heterocycles. The van der Waals surface area contributed by atoms with Crippen LogP contribution in [-0.2, 0) is 0 Å². The zero-order valence-corrected chi connectivity index (χ0v) is 13.2. The van der Waals surface area contributed by atoms with Crippen molar-refractivity contribution in [1.29, 1.82) is 0 Å². The van der Waals surface area contributed by atoms with Crippen molar-refractivity contribution in [2.45, 2.75) is 19.8 Å². The topological polar surface area (TPSA) is 47.9 Å². The van der Waals surface area contributed by atoms with Gasteiger partial charge in [0.2, 0.25) is 5.88 Å². The molecule has 0 saturated heterocycles. The van der Waals surface area contributed by atoms with E-state index in [1.54, 1.807) is 13.2 Å². The molecule has 2 aromatic rings. The Kier molecular flexibility index (Phi) is 4.37. The molecule has 0 aliphatic heterocycles. The highest BCUT2D eigenvalue weighted by molar-refractivity contribution is 9.10. The van der Waals surface area contributed by atoms with E-state index >= 15 is 0 Å². The summed E-state index contributed by atoms with van der Waals surface area (Å²) in [7, 11) is 1.57. The van der Waals surface area contributed by atoms with E-state index in [4.69, 9.17) is 16.3 Å². The van der Waals surface area contributed by atoms with Crippen molar-refractivity contribution in [3.05, 3.63) is 33.5 Å². The number of ether oxygens (including phenoxy) is 1. The van der Waals surface area contributed by atoms with E-state index in [1.807, 2.05) is 26.0 Å². The molecule has 0 atom stereocenters. The Morgan fingerprint density at radius 2 is 1.95 bits per heavy atom. The molecule has 0 spiro atoms. The zero-order chi connectivity index (χ0) is 14.0. The van der Waals surface area contributed by atoms with Gasteiger partial charge in [-0.05, 0) is 27.9 Å². The second-order valence-electron chi connectivity index (χ2n) is 4.26. The molecule has 0 aromatic carbocycles. The number of methoxy groups -OCH3 is 1. The van der Waals surface area contributed by atoms with Crippen LogP contribution < -0.4 is 4.74 Å². The molecule has 0 N–H and O–H groups in total. The molecule has 0 amide bonds. The van der Waals surface area contributed by atoms with Gasteiger partial charge in [0.15, 0.2) is 5.82 Å². The molecule has 6 heteroatoms. The third-order valence-electron chi connectivity index (χ3n) is 2.55. The van der Waals surface area contributed by atoms with Gasteiger partial charge in [0.25, 0.3) is 0 Å². The minimum atomic E-state index is 0.235. The van der Waals surface area contributed by atoms with Gasteiger partial charge in [-0.1, -0.05) is 31.5 Å². The van der Waals surface area contributed by atoms with Gasteiger partial charge >= 0.3 is 0 Å². The smallest absolute Gasteiger partial charge is 0.213 e. The Bertz CT molecular complexity index is 604. The molecule has 2 rings (SSSR count). The fourth-order valence-electron chi connectivity index (χ4n) is 1.59. The Balaban J connectivity index is 2.56. The molecule has 0 aliphatic carbocycles. The number of hydrogen-bond acceptors (Lipinski definition) is 4. The highest BCUT2D eigenvalue weighted by Gasteiger charge is 2.15. The summed E-state index contributed by atoms with van der Waals surface area (Å²) in [5.41, 5.74) is 1.50. The summed E-state index contributed by atoms with van der Waals surface area (Å²) in [6, 6.07) is 5.44. The number of aromatic nitrogens is 3. The lowest BCUT2D eigenvalue weighted by molar-refractivity contribution is 0.398. The van der Waals surface area contributed by atoms with Crippen LogP contribution in [-0.4, -0.2) is 22.1 Å². The Labute approximate surface area is 125 Å². The molecule has 4 nitrogen and oxygen atoms in total. The second-order valence-corrected chi connectivity index (χ2v) is 5.41. The summed E-state index contributed by atoms with van der Waals surface area (Å²) in [6.07, 6.45) is 0. The average Bonchev–Trinajstić information content (AvgIpc) is 2.41. The van der Waals surface area contributed by atoms with Crippen molar-refractivity contribution in [2.75, 3.05) is 7.11 Å². The van der Waals surface area contributed by atoms with Gasteiger partial charge in [0.05, 0.1) is 17.3 Å². The minimum Gasteiger partial charge on any atom is -0.481 e. The SMILES string of the molecule is COc1cccc(-c2nc(Cl)c(Br)c(C(C)C)n2)n1. The molecule has 0 saturated carbocycles. The molecule has 0 radical (unpaired) electrons. The van der Waals surface area contributed by atoms with Crippen molar-refractivity contribution in [1.82, 2.24) is 15.0 Å². The van der Waals surface area contributed by atoms with Crippen molar-refractivity contribution in [2.24, 2.45) is 0 Å². The van der Waals surface area contributed by atoms with Gasteiger partial charge in [0, 0.05) is 6.07 Å². The average molecular weight is 343 g/mol. The van der Waals surface area contributed by atoms with Crippen LogP contribution >= 0.6 is 27.5 Å². The van der Waals surface area contributed by atoms with Crippen LogP contribution in [0.5, 0.6) is 5.88 Å². The van der Waals surface area contributed by atoms with Crippen LogP contribution in [0.25, 0.3) is 11.5 Å². The largest absolute Gasteiger partial charge is 0.481 e. The molecule has 0 bridgehead atoms. The quantitative estimate of drug-likeness (QED) is 0.788. The highest BCUT2D eigenvalue weighted by Crippen LogP contribution is 2.30. The van der Waals surface area contributed by atoms with E-state index in [2.05, 4.69) is 30.9 Å². The fourth-order valence-corrected chi connectivity index (χ4v) is 2.40. The fraction of sp³-hybridized carbons (Fsp3) is 0.308. The standard InChI is InChI=1S/C13H13BrClN3O/c1-7(2)11-10(14)12(15)18-13(17-11)8-5-4-6-9(16-8)19-3/h4-7H,1-3H3. The zero-order valence-electron chi connectivity index (χ0n) is 10.8. The van der Waals surface area contributed by atoms with Crippen LogP contribution in [0.1, 0.15) is 25.5 Å². The van der Waals surface area contributed by atoms with Crippen molar-refractivity contribution < 1.29 is 4.74 Å². The molecular formula is C13H13BrClN3O. The van der Waals surface area contributed by atoms with Crippen LogP contribution in [0.2, 0.25) is 5.15 Å². The predicted molar refractivity (Wildman–Crippen MR) is 78.6 cm³/mol. The summed E-state index contributed by atoms with van der Waals surface area (Å²) in [5.74, 6) is 1.25. The van der Waals surface area contributed by atoms with Crippen LogP contribution in [0.15, 0.2) is 22.7 Å². The highest BCUT2D eigenvalue weighted by atomic mass is 79.9. The molecule has 100 valence electrons. The maximum Gasteiger partial charge on any atom is 0.213 e. The van der Waals surface area contributed by atoms with E-state index in [-0.39, 0.29) is 5.92 Å². The number of rotatable bonds is 3. The molecule has 2 aromatic heterocycles. The van der Waals surface area contributed by atoms with E-state index in [1.165, 1.54) is 0 Å². The van der Waals surface area contributed by atoms with E-state index in [0.717, 1.165) is 10.2 Å². The van der Waals surface area contributed by atoms with Crippen LogP contribution in [0.4, 0.5) is 0 Å². The molecule has 0 fully saturated rings. The van der Waals surface area contributed by atoms with Crippen molar-refractivity contribution in [3.8, 4) is 17.4 Å². The van der Waals surface area contributed by atoms with Gasteiger partial charge in [-0.2, -0.15) is 0 Å². The van der Waals surface area contributed by atoms with Crippen molar-refractivity contribution >= 4 is 27.5 Å². The summed E-state index contributed by atoms with van der Waals surface area (Å²) in [4.78, 5) is 13.1. The Hall–Kier alpha value is -1.20. The first kappa shape index (κ1) is 14.2. The molecule has 19 heavy (non-hydrogen) atoms. The first-order valence-corrected chi connectivity index (χ1v) is 6.94. The molecular weight excluding hydrogens is 330 g/mol. The number of pyridine rings is 1. The predicted octanol–water partition coefficient (Wildman–Crippen LogP) is 4.09. The van der Waals surface area contributed by atoms with Crippen molar-refractivity contribution in [3.63, 3.8) is 0 Å².